The van der Waals surface area contributed by atoms with Crippen molar-refractivity contribution in [3.05, 3.63) is 34.4 Å². The Kier molecular flexibility index (Phi) is 5.16. The highest BCUT2D eigenvalue weighted by atomic mass is 19.1. The summed E-state index contributed by atoms with van der Waals surface area (Å²) >= 11 is 0. The first-order chi connectivity index (χ1) is 12.6. The van der Waals surface area contributed by atoms with Crippen LogP contribution in [0.1, 0.15) is 54.0 Å². The van der Waals surface area contributed by atoms with Crippen molar-refractivity contribution in [1.29, 1.82) is 0 Å². The Labute approximate surface area is 158 Å². The molecule has 1 aromatic carbocycles. The molecule has 2 atom stereocenters. The highest BCUT2D eigenvalue weighted by molar-refractivity contribution is 5.93. The van der Waals surface area contributed by atoms with Gasteiger partial charge in [0.1, 0.15) is 12.8 Å². The van der Waals surface area contributed by atoms with Crippen molar-refractivity contribution < 1.29 is 23.8 Å². The monoisotopic (exact) mass is 378 g/mol. The zero-order valence-electron chi connectivity index (χ0n) is 16.3. The van der Waals surface area contributed by atoms with Crippen LogP contribution in [0.5, 0.6) is 0 Å². The number of fused-ring (bicyclic) bond motifs is 1. The number of piperazine rings is 1. The van der Waals surface area contributed by atoms with E-state index in [0.717, 1.165) is 11.1 Å². The average molecular weight is 378 g/mol. The number of rotatable bonds is 3. The standard InChI is InChI=1S/C20H27FN2O4/c1-12-13(5-6-14-15(12)11-27-18(14)24)16(21)9-22-7-8-23(19(25)26)17(10-22)20(2,3)4/h5-6,16-17H,7-11H2,1-4H3,(H,25,26). The SMILES string of the molecule is Cc1c(C(F)CN2CCN(C(=O)O)C(C(C)(C)C)C2)ccc2c1COC2=O. The zero-order valence-corrected chi connectivity index (χ0v) is 16.3. The number of nitrogens with zero attached hydrogens (tertiary/aromatic N) is 2. The number of carboxylic acid groups (broad SMARTS) is 1. The molecule has 3 rings (SSSR count). The van der Waals surface area contributed by atoms with Gasteiger partial charge < -0.3 is 14.7 Å². The first kappa shape index (κ1) is 19.6. The number of alkyl halides is 1. The molecule has 1 amide bonds. The van der Waals surface area contributed by atoms with Crippen molar-refractivity contribution in [2.75, 3.05) is 26.2 Å². The lowest BCUT2D eigenvalue weighted by atomic mass is 9.84. The third-order valence-electron chi connectivity index (χ3n) is 5.67. The molecule has 2 aliphatic rings. The van der Waals surface area contributed by atoms with Gasteiger partial charge in [-0.25, -0.2) is 14.0 Å². The Morgan fingerprint density at radius 2 is 2.07 bits per heavy atom. The molecule has 0 saturated carbocycles. The molecule has 7 heteroatoms. The fourth-order valence-electron chi connectivity index (χ4n) is 4.01. The van der Waals surface area contributed by atoms with Crippen LogP contribution >= 0.6 is 0 Å². The Hall–Kier alpha value is -2.15. The summed E-state index contributed by atoms with van der Waals surface area (Å²) in [7, 11) is 0. The van der Waals surface area contributed by atoms with Crippen molar-refractivity contribution in [3.8, 4) is 0 Å². The Balaban J connectivity index is 1.74. The number of carbonyl (C=O) groups excluding carboxylic acids is 1. The number of cyclic esters (lactones) is 1. The van der Waals surface area contributed by atoms with E-state index in [1.54, 1.807) is 12.1 Å². The molecule has 148 valence electrons. The first-order valence-corrected chi connectivity index (χ1v) is 9.25. The summed E-state index contributed by atoms with van der Waals surface area (Å²) in [6.07, 6.45) is -2.13. The molecule has 0 radical (unpaired) electrons. The summed E-state index contributed by atoms with van der Waals surface area (Å²) in [6.45, 7) is 9.62. The van der Waals surface area contributed by atoms with Crippen LogP contribution in [0, 0.1) is 12.3 Å². The molecule has 0 aliphatic carbocycles. The first-order valence-electron chi connectivity index (χ1n) is 9.25. The maximum atomic E-state index is 15.1. The summed E-state index contributed by atoms with van der Waals surface area (Å²) in [5, 5.41) is 9.46. The van der Waals surface area contributed by atoms with Crippen LogP contribution in [-0.2, 0) is 11.3 Å². The number of benzene rings is 1. The molecule has 2 heterocycles. The van der Waals surface area contributed by atoms with Crippen LogP contribution in [-0.4, -0.2) is 59.2 Å². The molecule has 2 aliphatic heterocycles. The summed E-state index contributed by atoms with van der Waals surface area (Å²) < 4.78 is 20.2. The lowest BCUT2D eigenvalue weighted by Gasteiger charge is -2.46. The number of halogens is 1. The molecule has 6 nitrogen and oxygen atoms in total. The largest absolute Gasteiger partial charge is 0.465 e. The second-order valence-corrected chi connectivity index (χ2v) is 8.47. The number of ether oxygens (including phenoxy) is 1. The van der Waals surface area contributed by atoms with E-state index in [9.17, 15) is 14.7 Å². The van der Waals surface area contributed by atoms with Crippen molar-refractivity contribution in [2.24, 2.45) is 5.41 Å². The Morgan fingerprint density at radius 3 is 2.70 bits per heavy atom. The zero-order chi connectivity index (χ0) is 19.9. The summed E-state index contributed by atoms with van der Waals surface area (Å²) in [6, 6.07) is 3.11. The summed E-state index contributed by atoms with van der Waals surface area (Å²) in [5.74, 6) is -0.354. The van der Waals surface area contributed by atoms with E-state index in [1.807, 2.05) is 32.6 Å². The smallest absolute Gasteiger partial charge is 0.407 e. The highest BCUT2D eigenvalue weighted by Crippen LogP contribution is 2.33. The van der Waals surface area contributed by atoms with Gasteiger partial charge in [0.2, 0.25) is 0 Å². The number of hydrogen-bond acceptors (Lipinski definition) is 4. The molecule has 1 aromatic rings. The molecule has 27 heavy (non-hydrogen) atoms. The highest BCUT2D eigenvalue weighted by Gasteiger charge is 2.38. The van der Waals surface area contributed by atoms with Crippen molar-refractivity contribution in [2.45, 2.75) is 46.5 Å². The predicted octanol–water partition coefficient (Wildman–Crippen LogP) is 3.39. The topological polar surface area (TPSA) is 70.1 Å². The molecule has 1 saturated heterocycles. The molecule has 2 unspecified atom stereocenters. The van der Waals surface area contributed by atoms with Gasteiger partial charge in [0, 0.05) is 31.7 Å². The van der Waals surface area contributed by atoms with Gasteiger partial charge in [-0.2, -0.15) is 0 Å². The minimum Gasteiger partial charge on any atom is -0.465 e. The number of carbonyl (C=O) groups is 2. The second-order valence-electron chi connectivity index (χ2n) is 8.47. The predicted molar refractivity (Wildman–Crippen MR) is 98.6 cm³/mol. The third-order valence-corrected chi connectivity index (χ3v) is 5.67. The maximum Gasteiger partial charge on any atom is 0.407 e. The van der Waals surface area contributed by atoms with E-state index in [4.69, 9.17) is 4.74 Å². The van der Waals surface area contributed by atoms with Gasteiger partial charge in [0.25, 0.3) is 0 Å². The third kappa shape index (κ3) is 3.78. The van der Waals surface area contributed by atoms with Crippen LogP contribution in [0.15, 0.2) is 12.1 Å². The molecule has 0 bridgehead atoms. The van der Waals surface area contributed by atoms with E-state index < -0.39 is 12.3 Å². The van der Waals surface area contributed by atoms with Gasteiger partial charge in [0.05, 0.1) is 11.6 Å². The van der Waals surface area contributed by atoms with Crippen LogP contribution in [0.25, 0.3) is 0 Å². The summed E-state index contributed by atoms with van der Waals surface area (Å²) in [4.78, 5) is 26.7. The molecular formula is C20H27FN2O4. The second kappa shape index (κ2) is 7.11. The number of hydrogen-bond donors (Lipinski definition) is 1. The fraction of sp³-hybridized carbons (Fsp3) is 0.600. The van der Waals surface area contributed by atoms with Crippen molar-refractivity contribution in [1.82, 2.24) is 9.80 Å². The number of esters is 1. The Bertz CT molecular complexity index is 759. The average Bonchev–Trinajstić information content (AvgIpc) is 2.96. The fourth-order valence-corrected chi connectivity index (χ4v) is 4.01. The van der Waals surface area contributed by atoms with Gasteiger partial charge in [-0.3, -0.25) is 4.90 Å². The molecular weight excluding hydrogens is 351 g/mol. The lowest BCUT2D eigenvalue weighted by Crippen LogP contribution is -2.59. The molecule has 0 spiro atoms. The van der Waals surface area contributed by atoms with E-state index in [1.165, 1.54) is 4.90 Å². The van der Waals surface area contributed by atoms with E-state index >= 15 is 4.39 Å². The van der Waals surface area contributed by atoms with Crippen LogP contribution in [0.2, 0.25) is 0 Å². The van der Waals surface area contributed by atoms with Gasteiger partial charge >= 0.3 is 12.1 Å². The lowest BCUT2D eigenvalue weighted by molar-refractivity contribution is 0.0140. The quantitative estimate of drug-likeness (QED) is 0.817. The minimum atomic E-state index is -1.21. The van der Waals surface area contributed by atoms with Crippen molar-refractivity contribution >= 4 is 12.1 Å². The van der Waals surface area contributed by atoms with Gasteiger partial charge in [-0.15, -0.1) is 0 Å². The molecule has 1 fully saturated rings. The maximum absolute atomic E-state index is 15.1. The van der Waals surface area contributed by atoms with Gasteiger partial charge in [0.15, 0.2) is 0 Å². The molecule has 0 aromatic heterocycles. The van der Waals surface area contributed by atoms with Crippen LogP contribution < -0.4 is 0 Å². The Morgan fingerprint density at radius 1 is 1.37 bits per heavy atom. The van der Waals surface area contributed by atoms with E-state index in [-0.39, 0.29) is 30.6 Å². The normalized spacial score (nSPS) is 21.7. The molecule has 1 N–H and O–H groups in total. The minimum absolute atomic E-state index is 0.192. The van der Waals surface area contributed by atoms with E-state index in [2.05, 4.69) is 0 Å². The van der Waals surface area contributed by atoms with Crippen LogP contribution in [0.3, 0.4) is 0 Å². The summed E-state index contributed by atoms with van der Waals surface area (Å²) in [5.41, 5.74) is 2.39. The van der Waals surface area contributed by atoms with Gasteiger partial charge in [-0.1, -0.05) is 26.8 Å². The number of amides is 1. The van der Waals surface area contributed by atoms with Gasteiger partial charge in [-0.05, 0) is 29.5 Å². The van der Waals surface area contributed by atoms with Crippen molar-refractivity contribution in [3.63, 3.8) is 0 Å². The van der Waals surface area contributed by atoms with E-state index in [0.29, 0.717) is 30.8 Å². The van der Waals surface area contributed by atoms with Crippen LogP contribution in [0.4, 0.5) is 9.18 Å².